The molecule has 0 fully saturated rings. The predicted molar refractivity (Wildman–Crippen MR) is 107 cm³/mol. The summed E-state index contributed by atoms with van der Waals surface area (Å²) in [5, 5.41) is 13.3. The number of hydrogen-bond donors (Lipinski definition) is 1. The lowest BCUT2D eigenvalue weighted by molar-refractivity contribution is 0.0993. The molecular formula is C21H16N6O. The Labute approximate surface area is 161 Å². The quantitative estimate of drug-likeness (QED) is 0.599. The zero-order chi connectivity index (χ0) is 19.7. The molecule has 3 heterocycles. The van der Waals surface area contributed by atoms with Gasteiger partial charge < -0.3 is 10.6 Å². The van der Waals surface area contributed by atoms with Gasteiger partial charge in [0.15, 0.2) is 0 Å². The van der Waals surface area contributed by atoms with E-state index in [9.17, 15) is 4.79 Å². The Bertz CT molecular complexity index is 1200. The molecule has 0 unspecified atom stereocenters. The maximum atomic E-state index is 13.0. The van der Waals surface area contributed by atoms with Crippen LogP contribution in [-0.2, 0) is 0 Å². The molecule has 1 aromatic carbocycles. The number of amides is 1. The highest BCUT2D eigenvalue weighted by atomic mass is 16.2. The summed E-state index contributed by atoms with van der Waals surface area (Å²) in [4.78, 5) is 18.6. The maximum absolute atomic E-state index is 13.0. The fraction of sp³-hybridized carbons (Fsp3) is 0.0476. The van der Waals surface area contributed by atoms with Crippen LogP contribution < -0.4 is 10.6 Å². The van der Waals surface area contributed by atoms with Gasteiger partial charge in [-0.3, -0.25) is 4.79 Å². The number of aromatic nitrogens is 3. The molecule has 28 heavy (non-hydrogen) atoms. The lowest BCUT2D eigenvalue weighted by Gasteiger charge is -2.17. The number of hydrogen-bond acceptors (Lipinski definition) is 5. The van der Waals surface area contributed by atoms with Crippen LogP contribution >= 0.6 is 0 Å². The molecule has 136 valence electrons. The standard InChI is InChI=1S/C21H16N6O/c1-26(17-5-2-14(11-22)3-6-17)21(28)15-8-9-27-19(10-15)18(13-25-27)16-4-7-20(23)24-12-16/h2-10,12-13H,1H3,(H2,23,24). The van der Waals surface area contributed by atoms with Crippen molar-refractivity contribution in [3.05, 3.63) is 78.2 Å². The monoisotopic (exact) mass is 368 g/mol. The molecule has 3 aromatic heterocycles. The first-order valence-corrected chi connectivity index (χ1v) is 8.54. The highest BCUT2D eigenvalue weighted by molar-refractivity contribution is 6.06. The zero-order valence-electron chi connectivity index (χ0n) is 15.1. The Kier molecular flexibility index (Phi) is 4.22. The van der Waals surface area contributed by atoms with Gasteiger partial charge in [0.25, 0.3) is 5.91 Å². The molecule has 0 atom stereocenters. The highest BCUT2D eigenvalue weighted by Crippen LogP contribution is 2.26. The van der Waals surface area contributed by atoms with Gasteiger partial charge in [-0.1, -0.05) is 0 Å². The van der Waals surface area contributed by atoms with Crippen molar-refractivity contribution in [3.63, 3.8) is 0 Å². The second-order valence-electron chi connectivity index (χ2n) is 6.30. The van der Waals surface area contributed by atoms with E-state index in [1.165, 1.54) is 0 Å². The van der Waals surface area contributed by atoms with E-state index in [4.69, 9.17) is 11.0 Å². The van der Waals surface area contributed by atoms with E-state index < -0.39 is 0 Å². The molecule has 0 radical (unpaired) electrons. The minimum Gasteiger partial charge on any atom is -0.384 e. The van der Waals surface area contributed by atoms with Gasteiger partial charge in [0.1, 0.15) is 5.82 Å². The lowest BCUT2D eigenvalue weighted by atomic mass is 10.1. The van der Waals surface area contributed by atoms with E-state index in [1.54, 1.807) is 77.5 Å². The molecule has 0 bridgehead atoms. The first kappa shape index (κ1) is 17.2. The third-order valence-corrected chi connectivity index (χ3v) is 4.55. The number of rotatable bonds is 3. The molecule has 0 saturated carbocycles. The van der Waals surface area contributed by atoms with Gasteiger partial charge >= 0.3 is 0 Å². The fourth-order valence-corrected chi connectivity index (χ4v) is 2.97. The van der Waals surface area contributed by atoms with E-state index in [-0.39, 0.29) is 5.91 Å². The number of benzene rings is 1. The minimum atomic E-state index is -0.158. The maximum Gasteiger partial charge on any atom is 0.258 e. The molecule has 2 N–H and O–H groups in total. The molecule has 7 nitrogen and oxygen atoms in total. The Morgan fingerprint density at radius 2 is 1.93 bits per heavy atom. The van der Waals surface area contributed by atoms with Crippen LogP contribution in [0.1, 0.15) is 15.9 Å². The van der Waals surface area contributed by atoms with Crippen LogP contribution in [0.4, 0.5) is 11.5 Å². The molecule has 0 spiro atoms. The van der Waals surface area contributed by atoms with Crippen LogP contribution in [0, 0.1) is 11.3 Å². The van der Waals surface area contributed by atoms with Crippen molar-refractivity contribution < 1.29 is 4.79 Å². The van der Waals surface area contributed by atoms with Crippen molar-refractivity contribution in [1.82, 2.24) is 14.6 Å². The van der Waals surface area contributed by atoms with Crippen molar-refractivity contribution >= 4 is 22.9 Å². The Hall–Kier alpha value is -4.18. The van der Waals surface area contributed by atoms with Crippen molar-refractivity contribution in [2.24, 2.45) is 0 Å². The van der Waals surface area contributed by atoms with Gasteiger partial charge in [0, 0.05) is 41.8 Å². The second-order valence-corrected chi connectivity index (χ2v) is 6.30. The highest BCUT2D eigenvalue weighted by Gasteiger charge is 2.16. The number of anilines is 2. The number of carbonyl (C=O) groups is 1. The summed E-state index contributed by atoms with van der Waals surface area (Å²) in [6.07, 6.45) is 5.17. The number of carbonyl (C=O) groups excluding carboxylic acids is 1. The molecule has 0 saturated heterocycles. The average Bonchev–Trinajstić information content (AvgIpc) is 3.16. The third-order valence-electron chi connectivity index (χ3n) is 4.55. The van der Waals surface area contributed by atoms with Crippen molar-refractivity contribution in [1.29, 1.82) is 5.26 Å². The van der Waals surface area contributed by atoms with Crippen LogP contribution in [0.2, 0.25) is 0 Å². The van der Waals surface area contributed by atoms with Gasteiger partial charge in [0.05, 0.1) is 23.3 Å². The van der Waals surface area contributed by atoms with E-state index in [2.05, 4.69) is 16.2 Å². The van der Waals surface area contributed by atoms with Gasteiger partial charge in [-0.2, -0.15) is 10.4 Å². The van der Waals surface area contributed by atoms with Crippen LogP contribution in [0.5, 0.6) is 0 Å². The van der Waals surface area contributed by atoms with Crippen molar-refractivity contribution in [3.8, 4) is 17.2 Å². The van der Waals surface area contributed by atoms with Crippen molar-refractivity contribution in [2.75, 3.05) is 17.7 Å². The van der Waals surface area contributed by atoms with E-state index in [0.29, 0.717) is 22.6 Å². The summed E-state index contributed by atoms with van der Waals surface area (Å²) in [6, 6.07) is 16.1. The Balaban J connectivity index is 1.70. The summed E-state index contributed by atoms with van der Waals surface area (Å²) < 4.78 is 1.71. The molecule has 0 aliphatic rings. The van der Waals surface area contributed by atoms with Crippen molar-refractivity contribution in [2.45, 2.75) is 0 Å². The molecule has 4 rings (SSSR count). The molecule has 0 aliphatic carbocycles. The number of nitrogen functional groups attached to an aromatic ring is 1. The van der Waals surface area contributed by atoms with Gasteiger partial charge in [-0.05, 0) is 48.5 Å². The third kappa shape index (κ3) is 3.04. The normalized spacial score (nSPS) is 10.6. The summed E-state index contributed by atoms with van der Waals surface area (Å²) in [7, 11) is 1.70. The topological polar surface area (TPSA) is 100 Å². The first-order valence-electron chi connectivity index (χ1n) is 8.54. The summed E-state index contributed by atoms with van der Waals surface area (Å²) >= 11 is 0. The van der Waals surface area contributed by atoms with Gasteiger partial charge in [-0.25, -0.2) is 9.50 Å². The summed E-state index contributed by atoms with van der Waals surface area (Å²) in [5.41, 5.74) is 9.98. The second kappa shape index (κ2) is 6.85. The predicted octanol–water partition coefficient (Wildman–Crippen LogP) is 3.13. The number of nitrogens with two attached hydrogens (primary N) is 1. The summed E-state index contributed by atoms with van der Waals surface area (Å²) in [6.45, 7) is 0. The number of nitrogens with zero attached hydrogens (tertiary/aromatic N) is 5. The Morgan fingerprint density at radius 3 is 2.61 bits per heavy atom. The summed E-state index contributed by atoms with van der Waals surface area (Å²) in [5.74, 6) is 0.287. The van der Waals surface area contributed by atoms with Crippen LogP contribution in [0.15, 0.2) is 67.1 Å². The fourth-order valence-electron chi connectivity index (χ4n) is 2.97. The molecular weight excluding hydrogens is 352 g/mol. The van der Waals surface area contributed by atoms with Crippen LogP contribution in [-0.4, -0.2) is 27.6 Å². The number of nitriles is 1. The van der Waals surface area contributed by atoms with Gasteiger partial charge in [-0.15, -0.1) is 0 Å². The molecule has 4 aromatic rings. The van der Waals surface area contributed by atoms with E-state index in [0.717, 1.165) is 16.6 Å². The van der Waals surface area contributed by atoms with E-state index in [1.807, 2.05) is 6.07 Å². The Morgan fingerprint density at radius 1 is 1.14 bits per heavy atom. The zero-order valence-corrected chi connectivity index (χ0v) is 15.1. The molecule has 0 aliphatic heterocycles. The van der Waals surface area contributed by atoms with Crippen LogP contribution in [0.3, 0.4) is 0 Å². The molecule has 7 heteroatoms. The lowest BCUT2D eigenvalue weighted by Crippen LogP contribution is -2.26. The molecule has 1 amide bonds. The largest absolute Gasteiger partial charge is 0.384 e. The number of pyridine rings is 2. The van der Waals surface area contributed by atoms with E-state index >= 15 is 0 Å². The van der Waals surface area contributed by atoms with Crippen LogP contribution in [0.25, 0.3) is 16.6 Å². The number of fused-ring (bicyclic) bond motifs is 1. The first-order chi connectivity index (χ1) is 13.6. The SMILES string of the molecule is CN(C(=O)c1ccn2ncc(-c3ccc(N)nc3)c2c1)c1ccc(C#N)cc1. The minimum absolute atomic E-state index is 0.158. The average molecular weight is 368 g/mol. The smallest absolute Gasteiger partial charge is 0.258 e. The van der Waals surface area contributed by atoms with Gasteiger partial charge in [0.2, 0.25) is 0 Å².